The molecule has 1 aromatic rings. The summed E-state index contributed by atoms with van der Waals surface area (Å²) in [7, 11) is 0. The lowest BCUT2D eigenvalue weighted by Crippen LogP contribution is -2.31. The van der Waals surface area contributed by atoms with E-state index in [4.69, 9.17) is 0 Å². The molecule has 2 aliphatic rings. The lowest BCUT2D eigenvalue weighted by atomic mass is 9.71. The number of rotatable bonds is 2. The molecule has 2 saturated carbocycles. The third-order valence-corrected chi connectivity index (χ3v) is 5.64. The summed E-state index contributed by atoms with van der Waals surface area (Å²) in [5, 5.41) is 3.71. The number of hydrogen-bond acceptors (Lipinski definition) is 1. The van der Waals surface area contributed by atoms with Crippen LogP contribution in [0, 0.1) is 8.99 Å². The van der Waals surface area contributed by atoms with Gasteiger partial charge in [0.15, 0.2) is 0 Å². The van der Waals surface area contributed by atoms with E-state index >= 15 is 0 Å². The van der Waals surface area contributed by atoms with Crippen LogP contribution in [0.5, 0.6) is 0 Å². The van der Waals surface area contributed by atoms with E-state index in [1.165, 1.54) is 60.6 Å². The summed E-state index contributed by atoms with van der Waals surface area (Å²) < 4.78 is 1.31. The minimum atomic E-state index is 0.705. The van der Waals surface area contributed by atoms with E-state index in [1.54, 1.807) is 0 Å². The maximum absolute atomic E-state index is 3.71. The highest BCUT2D eigenvalue weighted by Gasteiger charge is 2.37. The predicted octanol–water partition coefficient (Wildman–Crippen LogP) is 5.21. The van der Waals surface area contributed by atoms with E-state index in [0.29, 0.717) is 6.04 Å². The SMILES string of the molecule is Ic1ccc(NC2CCC3(CCCC3)CC2)cc1. The third-order valence-electron chi connectivity index (χ3n) is 4.93. The zero-order valence-corrected chi connectivity index (χ0v) is 13.1. The molecule has 0 atom stereocenters. The van der Waals surface area contributed by atoms with Crippen molar-refractivity contribution in [1.82, 2.24) is 0 Å². The Labute approximate surface area is 124 Å². The van der Waals surface area contributed by atoms with Crippen LogP contribution in [0.2, 0.25) is 0 Å². The Morgan fingerprint density at radius 1 is 0.944 bits per heavy atom. The monoisotopic (exact) mass is 355 g/mol. The summed E-state index contributed by atoms with van der Waals surface area (Å²) >= 11 is 2.36. The predicted molar refractivity (Wildman–Crippen MR) is 85.9 cm³/mol. The average molecular weight is 355 g/mol. The molecule has 2 heteroatoms. The number of hydrogen-bond donors (Lipinski definition) is 1. The molecule has 0 aromatic heterocycles. The van der Waals surface area contributed by atoms with Crippen molar-refractivity contribution >= 4 is 28.3 Å². The summed E-state index contributed by atoms with van der Waals surface area (Å²) in [5.41, 5.74) is 2.05. The van der Waals surface area contributed by atoms with Gasteiger partial charge in [0.25, 0.3) is 0 Å². The van der Waals surface area contributed by atoms with E-state index in [2.05, 4.69) is 52.2 Å². The zero-order chi connectivity index (χ0) is 12.4. The largest absolute Gasteiger partial charge is 0.382 e. The molecule has 1 aromatic carbocycles. The van der Waals surface area contributed by atoms with E-state index in [1.807, 2.05) is 0 Å². The van der Waals surface area contributed by atoms with Gasteiger partial charge >= 0.3 is 0 Å². The van der Waals surface area contributed by atoms with Crippen LogP contribution in [-0.2, 0) is 0 Å². The first-order valence-corrected chi connectivity index (χ1v) is 8.36. The zero-order valence-electron chi connectivity index (χ0n) is 10.9. The fourth-order valence-electron chi connectivity index (χ4n) is 3.78. The molecule has 0 aliphatic heterocycles. The van der Waals surface area contributed by atoms with Crippen LogP contribution in [0.4, 0.5) is 5.69 Å². The first-order valence-electron chi connectivity index (χ1n) is 7.28. The molecule has 0 unspecified atom stereocenters. The van der Waals surface area contributed by atoms with Gasteiger partial charge in [0.05, 0.1) is 0 Å². The Morgan fingerprint density at radius 2 is 1.56 bits per heavy atom. The molecule has 3 rings (SSSR count). The molecule has 2 fully saturated rings. The van der Waals surface area contributed by atoms with Gasteiger partial charge in [0.2, 0.25) is 0 Å². The fourth-order valence-corrected chi connectivity index (χ4v) is 4.14. The molecule has 18 heavy (non-hydrogen) atoms. The summed E-state index contributed by atoms with van der Waals surface area (Å²) in [6.45, 7) is 0. The molecule has 0 amide bonds. The van der Waals surface area contributed by atoms with Crippen molar-refractivity contribution in [2.45, 2.75) is 57.4 Å². The van der Waals surface area contributed by atoms with Gasteiger partial charge < -0.3 is 5.32 Å². The van der Waals surface area contributed by atoms with Crippen LogP contribution in [-0.4, -0.2) is 6.04 Å². The second-order valence-electron chi connectivity index (χ2n) is 6.13. The second kappa shape index (κ2) is 5.40. The van der Waals surface area contributed by atoms with Crippen molar-refractivity contribution in [1.29, 1.82) is 0 Å². The van der Waals surface area contributed by atoms with Crippen LogP contribution in [0.25, 0.3) is 0 Å². The fraction of sp³-hybridized carbons (Fsp3) is 0.625. The first kappa shape index (κ1) is 12.8. The van der Waals surface area contributed by atoms with Crippen LogP contribution in [0.1, 0.15) is 51.4 Å². The number of nitrogens with one attached hydrogen (secondary N) is 1. The Morgan fingerprint density at radius 3 is 2.17 bits per heavy atom. The molecule has 0 saturated heterocycles. The highest BCUT2D eigenvalue weighted by Crippen LogP contribution is 2.49. The van der Waals surface area contributed by atoms with Gasteiger partial charge in [-0.3, -0.25) is 0 Å². The Bertz CT molecular complexity index is 382. The van der Waals surface area contributed by atoms with Crippen LogP contribution in [0.3, 0.4) is 0 Å². The van der Waals surface area contributed by atoms with Crippen molar-refractivity contribution in [3.8, 4) is 0 Å². The molecule has 0 bridgehead atoms. The van der Waals surface area contributed by atoms with E-state index in [0.717, 1.165) is 5.41 Å². The molecule has 1 N–H and O–H groups in total. The van der Waals surface area contributed by atoms with Crippen molar-refractivity contribution < 1.29 is 0 Å². The van der Waals surface area contributed by atoms with Gasteiger partial charge in [0, 0.05) is 15.3 Å². The molecule has 0 radical (unpaired) electrons. The normalized spacial score (nSPS) is 23.4. The van der Waals surface area contributed by atoms with E-state index < -0.39 is 0 Å². The number of halogens is 1. The van der Waals surface area contributed by atoms with Crippen LogP contribution >= 0.6 is 22.6 Å². The molecule has 0 heterocycles. The van der Waals surface area contributed by atoms with Gasteiger partial charge in [-0.25, -0.2) is 0 Å². The van der Waals surface area contributed by atoms with Gasteiger partial charge in [-0.15, -0.1) is 0 Å². The summed E-state index contributed by atoms with van der Waals surface area (Å²) in [6, 6.07) is 9.49. The van der Waals surface area contributed by atoms with E-state index in [-0.39, 0.29) is 0 Å². The van der Waals surface area contributed by atoms with E-state index in [9.17, 15) is 0 Å². The molecular formula is C16H22IN. The highest BCUT2D eigenvalue weighted by atomic mass is 127. The summed E-state index contributed by atoms with van der Waals surface area (Å²) in [6.07, 6.45) is 11.6. The van der Waals surface area contributed by atoms with Gasteiger partial charge in [0.1, 0.15) is 0 Å². The quantitative estimate of drug-likeness (QED) is 0.719. The third kappa shape index (κ3) is 2.84. The van der Waals surface area contributed by atoms with Crippen molar-refractivity contribution in [3.63, 3.8) is 0 Å². The van der Waals surface area contributed by atoms with Crippen molar-refractivity contribution in [2.75, 3.05) is 5.32 Å². The smallest absolute Gasteiger partial charge is 0.0343 e. The summed E-state index contributed by atoms with van der Waals surface area (Å²) in [4.78, 5) is 0. The van der Waals surface area contributed by atoms with Gasteiger partial charge in [-0.05, 0) is 90.8 Å². The second-order valence-corrected chi connectivity index (χ2v) is 7.38. The van der Waals surface area contributed by atoms with Crippen molar-refractivity contribution in [3.05, 3.63) is 27.8 Å². The average Bonchev–Trinajstić information content (AvgIpc) is 2.84. The number of anilines is 1. The number of benzene rings is 1. The van der Waals surface area contributed by atoms with Crippen LogP contribution < -0.4 is 5.32 Å². The van der Waals surface area contributed by atoms with Crippen LogP contribution in [0.15, 0.2) is 24.3 Å². The highest BCUT2D eigenvalue weighted by molar-refractivity contribution is 14.1. The molecule has 98 valence electrons. The maximum Gasteiger partial charge on any atom is 0.0343 e. The summed E-state index contributed by atoms with van der Waals surface area (Å²) in [5.74, 6) is 0. The molecule has 2 aliphatic carbocycles. The van der Waals surface area contributed by atoms with Gasteiger partial charge in [-0.1, -0.05) is 12.8 Å². The minimum absolute atomic E-state index is 0.705. The standard InChI is InChI=1S/C16H22IN/c17-13-3-5-14(6-4-13)18-15-7-11-16(12-8-15)9-1-2-10-16/h3-6,15,18H,1-2,7-12H2. The van der Waals surface area contributed by atoms with Crippen molar-refractivity contribution in [2.24, 2.45) is 5.41 Å². The first-order chi connectivity index (χ1) is 8.76. The van der Waals surface area contributed by atoms with Gasteiger partial charge in [-0.2, -0.15) is 0 Å². The molecule has 1 spiro atoms. The Kier molecular flexibility index (Phi) is 3.83. The molecular weight excluding hydrogens is 333 g/mol. The maximum atomic E-state index is 3.71. The topological polar surface area (TPSA) is 12.0 Å². The lowest BCUT2D eigenvalue weighted by Gasteiger charge is -2.37. The lowest BCUT2D eigenvalue weighted by molar-refractivity contribution is 0.188. The molecule has 1 nitrogen and oxygen atoms in total. The Hall–Kier alpha value is -0.250. The minimum Gasteiger partial charge on any atom is -0.382 e. The Balaban J connectivity index is 1.55.